The zero-order valence-electron chi connectivity index (χ0n) is 22.5. The van der Waals surface area contributed by atoms with Gasteiger partial charge in [-0.2, -0.15) is 0 Å². The quantitative estimate of drug-likeness (QED) is 0.225. The van der Waals surface area contributed by atoms with Gasteiger partial charge in [0.15, 0.2) is 16.7 Å². The van der Waals surface area contributed by atoms with Gasteiger partial charge in [0.2, 0.25) is 0 Å². The summed E-state index contributed by atoms with van der Waals surface area (Å²) in [6, 6.07) is 29.7. The molecule has 196 valence electrons. The highest BCUT2D eigenvalue weighted by Gasteiger charge is 2.35. The zero-order valence-corrected chi connectivity index (χ0v) is 23.3. The summed E-state index contributed by atoms with van der Waals surface area (Å²) < 4.78 is 11.7. The number of hydrogen-bond acceptors (Lipinski definition) is 5. The molecule has 1 fully saturated rings. The van der Waals surface area contributed by atoms with E-state index < -0.39 is 0 Å². The van der Waals surface area contributed by atoms with Crippen molar-refractivity contribution in [3.8, 4) is 11.5 Å². The maximum absolute atomic E-state index is 13.7. The highest BCUT2D eigenvalue weighted by Crippen LogP contribution is 2.39. The number of aliphatic imine (C=N–C) groups is 1. The second-order valence-electron chi connectivity index (χ2n) is 9.41. The van der Waals surface area contributed by atoms with Crippen LogP contribution in [0, 0.1) is 20.8 Å². The first-order valence-corrected chi connectivity index (χ1v) is 13.5. The molecule has 5 nitrogen and oxygen atoms in total. The average molecular weight is 535 g/mol. The van der Waals surface area contributed by atoms with E-state index in [4.69, 9.17) is 14.5 Å². The van der Waals surface area contributed by atoms with Crippen molar-refractivity contribution >= 4 is 40.3 Å². The first-order chi connectivity index (χ1) is 18.9. The van der Waals surface area contributed by atoms with Gasteiger partial charge >= 0.3 is 0 Å². The predicted octanol–water partition coefficient (Wildman–Crippen LogP) is 8.01. The molecule has 0 N–H and O–H groups in total. The van der Waals surface area contributed by atoms with Crippen molar-refractivity contribution in [3.05, 3.63) is 124 Å². The molecule has 5 rings (SSSR count). The first-order valence-electron chi connectivity index (χ1n) is 12.7. The second kappa shape index (κ2) is 11.6. The number of aryl methyl sites for hydroxylation is 3. The number of nitrogens with zero attached hydrogens (tertiary/aromatic N) is 2. The van der Waals surface area contributed by atoms with Crippen LogP contribution in [0.5, 0.6) is 11.5 Å². The standard InChI is InChI=1S/C33H30N2O3S/c1-22-13-15-25(16-14-22)21-38-28-18-17-26(19-29(28)37-4)20-30-32(36)35(27-11-6-5-7-12-27)33(39-30)34-31-23(2)9-8-10-24(31)3/h5-20H,21H2,1-4H3. The fourth-order valence-electron chi connectivity index (χ4n) is 4.32. The molecular weight excluding hydrogens is 504 g/mol. The molecule has 39 heavy (non-hydrogen) atoms. The van der Waals surface area contributed by atoms with Crippen LogP contribution in [0.4, 0.5) is 11.4 Å². The lowest BCUT2D eigenvalue weighted by Gasteiger charge is -2.16. The molecule has 4 aromatic rings. The van der Waals surface area contributed by atoms with Crippen LogP contribution in [-0.4, -0.2) is 18.2 Å². The van der Waals surface area contributed by atoms with E-state index in [9.17, 15) is 4.79 Å². The lowest BCUT2D eigenvalue weighted by Crippen LogP contribution is -2.28. The minimum atomic E-state index is -0.116. The highest BCUT2D eigenvalue weighted by atomic mass is 32.2. The normalized spacial score (nSPS) is 15.3. The summed E-state index contributed by atoms with van der Waals surface area (Å²) in [7, 11) is 1.62. The number of carbonyl (C=O) groups excluding carboxylic acids is 1. The Hall–Kier alpha value is -4.29. The van der Waals surface area contributed by atoms with Crippen LogP contribution in [0.1, 0.15) is 27.8 Å². The minimum absolute atomic E-state index is 0.116. The third-order valence-electron chi connectivity index (χ3n) is 6.47. The summed E-state index contributed by atoms with van der Waals surface area (Å²) in [6.45, 7) is 6.57. The fraction of sp³-hybridized carbons (Fsp3) is 0.152. The second-order valence-corrected chi connectivity index (χ2v) is 10.4. The smallest absolute Gasteiger partial charge is 0.271 e. The Morgan fingerprint density at radius 1 is 0.846 bits per heavy atom. The third-order valence-corrected chi connectivity index (χ3v) is 7.44. The molecule has 4 aromatic carbocycles. The number of hydrogen-bond donors (Lipinski definition) is 0. The summed E-state index contributed by atoms with van der Waals surface area (Å²) >= 11 is 1.37. The van der Waals surface area contributed by atoms with Crippen molar-refractivity contribution < 1.29 is 14.3 Å². The van der Waals surface area contributed by atoms with Gasteiger partial charge in [-0.25, -0.2) is 4.99 Å². The zero-order chi connectivity index (χ0) is 27.4. The van der Waals surface area contributed by atoms with Crippen LogP contribution in [0.25, 0.3) is 6.08 Å². The van der Waals surface area contributed by atoms with Gasteiger partial charge in [0.1, 0.15) is 6.61 Å². The Balaban J connectivity index is 1.45. The number of thioether (sulfide) groups is 1. The Kier molecular flexibility index (Phi) is 7.84. The number of ether oxygens (including phenoxy) is 2. The Labute approximate surface area is 233 Å². The molecule has 0 unspecified atom stereocenters. The van der Waals surface area contributed by atoms with Crippen molar-refractivity contribution in [2.24, 2.45) is 4.99 Å². The summed E-state index contributed by atoms with van der Waals surface area (Å²) in [6.07, 6.45) is 1.88. The minimum Gasteiger partial charge on any atom is -0.493 e. The van der Waals surface area contributed by atoms with Gasteiger partial charge in [0, 0.05) is 0 Å². The molecule has 6 heteroatoms. The number of anilines is 1. The molecule has 0 saturated carbocycles. The van der Waals surface area contributed by atoms with Gasteiger partial charge in [-0.1, -0.05) is 72.3 Å². The van der Waals surface area contributed by atoms with Crippen LogP contribution >= 0.6 is 11.8 Å². The number of amides is 1. The summed E-state index contributed by atoms with van der Waals surface area (Å²) in [5, 5.41) is 0.625. The van der Waals surface area contributed by atoms with Crippen LogP contribution in [-0.2, 0) is 11.4 Å². The van der Waals surface area contributed by atoms with Gasteiger partial charge in [0.25, 0.3) is 5.91 Å². The summed E-state index contributed by atoms with van der Waals surface area (Å²) in [4.78, 5) is 20.9. The van der Waals surface area contributed by atoms with Crippen molar-refractivity contribution in [1.29, 1.82) is 0 Å². The number of para-hydroxylation sites is 2. The van der Waals surface area contributed by atoms with E-state index in [0.717, 1.165) is 33.6 Å². The lowest BCUT2D eigenvalue weighted by atomic mass is 10.1. The summed E-state index contributed by atoms with van der Waals surface area (Å²) in [5.41, 5.74) is 6.91. The largest absolute Gasteiger partial charge is 0.493 e. The maximum Gasteiger partial charge on any atom is 0.271 e. The molecule has 1 amide bonds. The van der Waals surface area contributed by atoms with E-state index in [0.29, 0.717) is 28.2 Å². The van der Waals surface area contributed by atoms with E-state index in [-0.39, 0.29) is 5.91 Å². The topological polar surface area (TPSA) is 51.1 Å². The van der Waals surface area contributed by atoms with Crippen LogP contribution < -0.4 is 14.4 Å². The molecule has 1 saturated heterocycles. The van der Waals surface area contributed by atoms with Crippen molar-refractivity contribution in [2.45, 2.75) is 27.4 Å². The number of benzene rings is 4. The third kappa shape index (κ3) is 5.91. The molecule has 0 bridgehead atoms. The first kappa shape index (κ1) is 26.3. The van der Waals surface area contributed by atoms with Gasteiger partial charge < -0.3 is 9.47 Å². The van der Waals surface area contributed by atoms with Crippen molar-refractivity contribution in [1.82, 2.24) is 0 Å². The SMILES string of the molecule is COc1cc(C=C2SC(=Nc3c(C)cccc3C)N(c3ccccc3)C2=O)ccc1OCc1ccc(C)cc1. The number of methoxy groups -OCH3 is 1. The van der Waals surface area contributed by atoms with E-state index in [1.54, 1.807) is 12.0 Å². The van der Waals surface area contributed by atoms with Crippen LogP contribution in [0.3, 0.4) is 0 Å². The Bertz CT molecular complexity index is 1540. The molecular formula is C33H30N2O3S. The Morgan fingerprint density at radius 2 is 1.56 bits per heavy atom. The van der Waals surface area contributed by atoms with Gasteiger partial charge in [-0.3, -0.25) is 9.69 Å². The molecule has 1 heterocycles. The monoisotopic (exact) mass is 534 g/mol. The molecule has 0 aromatic heterocycles. The maximum atomic E-state index is 13.7. The summed E-state index contributed by atoms with van der Waals surface area (Å²) in [5.74, 6) is 1.14. The number of carbonyl (C=O) groups is 1. The molecule has 0 atom stereocenters. The number of amidine groups is 1. The average Bonchev–Trinajstić information content (AvgIpc) is 3.25. The molecule has 0 radical (unpaired) electrons. The van der Waals surface area contributed by atoms with E-state index >= 15 is 0 Å². The van der Waals surface area contributed by atoms with Gasteiger partial charge in [0.05, 0.1) is 23.4 Å². The van der Waals surface area contributed by atoms with Crippen LogP contribution in [0.2, 0.25) is 0 Å². The van der Waals surface area contributed by atoms with Gasteiger partial charge in [-0.05, 0) is 85.1 Å². The van der Waals surface area contributed by atoms with E-state index in [2.05, 4.69) is 31.2 Å². The highest BCUT2D eigenvalue weighted by molar-refractivity contribution is 8.19. The van der Waals surface area contributed by atoms with Crippen molar-refractivity contribution in [2.75, 3.05) is 12.0 Å². The predicted molar refractivity (Wildman–Crippen MR) is 161 cm³/mol. The van der Waals surface area contributed by atoms with Crippen molar-refractivity contribution in [3.63, 3.8) is 0 Å². The lowest BCUT2D eigenvalue weighted by molar-refractivity contribution is -0.113. The number of rotatable bonds is 7. The van der Waals surface area contributed by atoms with E-state index in [1.165, 1.54) is 17.3 Å². The van der Waals surface area contributed by atoms with Crippen LogP contribution in [0.15, 0.2) is 101 Å². The van der Waals surface area contributed by atoms with E-state index in [1.807, 2.05) is 86.7 Å². The molecule has 1 aliphatic rings. The van der Waals surface area contributed by atoms with Gasteiger partial charge in [-0.15, -0.1) is 0 Å². The molecule has 0 aliphatic carbocycles. The Morgan fingerprint density at radius 3 is 2.26 bits per heavy atom. The molecule has 0 spiro atoms. The fourth-order valence-corrected chi connectivity index (χ4v) is 5.31. The molecule has 1 aliphatic heterocycles.